The van der Waals surface area contributed by atoms with E-state index < -0.39 is 0 Å². The van der Waals surface area contributed by atoms with Gasteiger partial charge in [0.1, 0.15) is 5.15 Å². The lowest BCUT2D eigenvalue weighted by atomic mass is 10.1. The Bertz CT molecular complexity index is 1290. The lowest BCUT2D eigenvalue weighted by Gasteiger charge is -2.34. The van der Waals surface area contributed by atoms with Crippen molar-refractivity contribution < 1.29 is 4.79 Å². The first-order valence-electron chi connectivity index (χ1n) is 11.0. The van der Waals surface area contributed by atoms with Crippen LogP contribution in [0.25, 0.3) is 11.1 Å². The van der Waals surface area contributed by atoms with Crippen molar-refractivity contribution >= 4 is 34.8 Å². The number of piperazine rings is 1. The number of halogens is 2. The van der Waals surface area contributed by atoms with Crippen LogP contribution in [0.3, 0.4) is 0 Å². The van der Waals surface area contributed by atoms with E-state index in [9.17, 15) is 4.79 Å². The number of aromatic nitrogens is 3. The van der Waals surface area contributed by atoms with Crippen LogP contribution in [-0.4, -0.2) is 45.0 Å². The molecule has 1 aliphatic rings. The van der Waals surface area contributed by atoms with Crippen LogP contribution in [0.4, 0.5) is 5.69 Å². The van der Waals surface area contributed by atoms with Crippen LogP contribution in [0, 0.1) is 0 Å². The summed E-state index contributed by atoms with van der Waals surface area (Å²) >= 11 is 12.0. The third kappa shape index (κ3) is 5.14. The summed E-state index contributed by atoms with van der Waals surface area (Å²) in [5.41, 5.74) is 5.22. The maximum Gasteiger partial charge on any atom is 0.241 e. The molecule has 1 saturated heterocycles. The highest BCUT2D eigenvalue weighted by Crippen LogP contribution is 2.23. The second kappa shape index (κ2) is 9.97. The molecule has 2 aromatic carbocycles. The Kier molecular flexibility index (Phi) is 6.63. The molecule has 34 heavy (non-hydrogen) atoms. The number of carbonyl (C=O) groups is 1. The number of carbonyl (C=O) groups excluding carboxylic acids is 1. The molecule has 0 saturated carbocycles. The van der Waals surface area contributed by atoms with Gasteiger partial charge in [0.2, 0.25) is 5.91 Å². The van der Waals surface area contributed by atoms with Gasteiger partial charge >= 0.3 is 0 Å². The summed E-state index contributed by atoms with van der Waals surface area (Å²) in [5, 5.41) is 1.12. The third-order valence-electron chi connectivity index (χ3n) is 5.97. The van der Waals surface area contributed by atoms with Crippen LogP contribution in [0.15, 0.2) is 79.4 Å². The second-order valence-corrected chi connectivity index (χ2v) is 9.14. The minimum Gasteiger partial charge on any atom is -0.329 e. The van der Waals surface area contributed by atoms with Crippen LogP contribution in [0.1, 0.15) is 11.3 Å². The number of rotatable bonds is 6. The zero-order valence-corrected chi connectivity index (χ0v) is 20.0. The number of pyridine rings is 1. The first-order valence-corrected chi connectivity index (χ1v) is 11.8. The molecule has 6 nitrogen and oxygen atoms in total. The summed E-state index contributed by atoms with van der Waals surface area (Å²) < 4.78 is 2.13. The van der Waals surface area contributed by atoms with Gasteiger partial charge in [0.25, 0.3) is 0 Å². The van der Waals surface area contributed by atoms with Crippen molar-refractivity contribution in [2.45, 2.75) is 13.1 Å². The lowest BCUT2D eigenvalue weighted by molar-refractivity contribution is -0.121. The number of hydrogen-bond donors (Lipinski definition) is 0. The Morgan fingerprint density at radius 3 is 2.44 bits per heavy atom. The topological polar surface area (TPSA) is 54.3 Å². The van der Waals surface area contributed by atoms with Gasteiger partial charge in [-0.15, -0.1) is 0 Å². The molecular weight excluding hydrogens is 469 g/mol. The molecule has 1 fully saturated rings. The average molecular weight is 492 g/mol. The van der Waals surface area contributed by atoms with Gasteiger partial charge in [0.15, 0.2) is 0 Å². The van der Waals surface area contributed by atoms with E-state index in [1.165, 1.54) is 5.56 Å². The molecule has 1 amide bonds. The van der Waals surface area contributed by atoms with Gasteiger partial charge in [-0.05, 0) is 41.5 Å². The summed E-state index contributed by atoms with van der Waals surface area (Å²) in [7, 11) is 0. The fourth-order valence-electron chi connectivity index (χ4n) is 4.17. The standard InChI is InChI=1S/C26H23Cl2N5O/c27-22-2-1-3-23(12-22)33-11-10-31(17-26(33)34)16-24-14-29-18-32(24)15-19-4-6-20(7-5-19)21-8-9-25(28)30-13-21/h1-9,12-14,18H,10-11,15-17H2. The van der Waals surface area contributed by atoms with Gasteiger partial charge < -0.3 is 9.47 Å². The van der Waals surface area contributed by atoms with Crippen molar-refractivity contribution in [1.82, 2.24) is 19.4 Å². The van der Waals surface area contributed by atoms with Crippen LogP contribution in [0.5, 0.6) is 0 Å². The Morgan fingerprint density at radius 1 is 0.882 bits per heavy atom. The minimum absolute atomic E-state index is 0.0758. The number of amides is 1. The first kappa shape index (κ1) is 22.6. The average Bonchev–Trinajstić information content (AvgIpc) is 3.26. The quantitative estimate of drug-likeness (QED) is 0.350. The molecule has 4 aromatic rings. The predicted molar refractivity (Wildman–Crippen MR) is 135 cm³/mol. The van der Waals surface area contributed by atoms with E-state index in [0.29, 0.717) is 36.4 Å². The van der Waals surface area contributed by atoms with Gasteiger partial charge in [0, 0.05) is 54.8 Å². The van der Waals surface area contributed by atoms with E-state index in [1.807, 2.05) is 42.9 Å². The number of nitrogens with zero attached hydrogens (tertiary/aromatic N) is 5. The highest BCUT2D eigenvalue weighted by molar-refractivity contribution is 6.31. The molecule has 0 radical (unpaired) electrons. The van der Waals surface area contributed by atoms with E-state index in [4.69, 9.17) is 23.2 Å². The molecule has 2 aromatic heterocycles. The number of anilines is 1. The number of imidazole rings is 1. The minimum atomic E-state index is 0.0758. The molecule has 0 aliphatic carbocycles. The zero-order chi connectivity index (χ0) is 23.5. The van der Waals surface area contributed by atoms with Crippen LogP contribution in [-0.2, 0) is 17.9 Å². The fourth-order valence-corrected chi connectivity index (χ4v) is 4.47. The third-order valence-corrected chi connectivity index (χ3v) is 6.43. The molecule has 0 bridgehead atoms. The SMILES string of the molecule is O=C1CN(Cc2cncn2Cc2ccc(-c3ccc(Cl)nc3)cc2)CCN1c1cccc(Cl)c1. The van der Waals surface area contributed by atoms with Gasteiger partial charge in [0.05, 0.1) is 18.6 Å². The largest absolute Gasteiger partial charge is 0.329 e. The highest BCUT2D eigenvalue weighted by atomic mass is 35.5. The molecule has 8 heteroatoms. The maximum absolute atomic E-state index is 12.8. The Morgan fingerprint density at radius 2 is 1.71 bits per heavy atom. The van der Waals surface area contributed by atoms with Gasteiger partial charge in [-0.25, -0.2) is 9.97 Å². The lowest BCUT2D eigenvalue weighted by Crippen LogP contribution is -2.50. The molecule has 0 atom stereocenters. The van der Waals surface area contributed by atoms with Crippen molar-refractivity contribution in [2.75, 3.05) is 24.5 Å². The highest BCUT2D eigenvalue weighted by Gasteiger charge is 2.25. The smallest absolute Gasteiger partial charge is 0.241 e. The van der Waals surface area contributed by atoms with Crippen LogP contribution >= 0.6 is 23.2 Å². The van der Waals surface area contributed by atoms with E-state index in [0.717, 1.165) is 29.1 Å². The molecule has 3 heterocycles. The number of benzene rings is 2. The van der Waals surface area contributed by atoms with E-state index in [2.05, 4.69) is 43.7 Å². The maximum atomic E-state index is 12.8. The predicted octanol–water partition coefficient (Wildman–Crippen LogP) is 5.15. The van der Waals surface area contributed by atoms with Gasteiger partial charge in [-0.1, -0.05) is 53.5 Å². The van der Waals surface area contributed by atoms with E-state index in [1.54, 1.807) is 17.2 Å². The van der Waals surface area contributed by atoms with E-state index in [-0.39, 0.29) is 5.91 Å². The summed E-state index contributed by atoms with van der Waals surface area (Å²) in [6.07, 6.45) is 5.50. The first-order chi connectivity index (χ1) is 16.5. The Hall–Kier alpha value is -3.19. The van der Waals surface area contributed by atoms with Crippen molar-refractivity contribution in [3.05, 3.63) is 101 Å². The summed E-state index contributed by atoms with van der Waals surface area (Å²) in [5.74, 6) is 0.0758. The van der Waals surface area contributed by atoms with Crippen LogP contribution in [0.2, 0.25) is 10.2 Å². The van der Waals surface area contributed by atoms with E-state index >= 15 is 0 Å². The van der Waals surface area contributed by atoms with Crippen molar-refractivity contribution in [3.63, 3.8) is 0 Å². The molecular formula is C26H23Cl2N5O. The van der Waals surface area contributed by atoms with Crippen molar-refractivity contribution in [1.29, 1.82) is 0 Å². The normalized spacial score (nSPS) is 14.5. The monoisotopic (exact) mass is 491 g/mol. The molecule has 1 aliphatic heterocycles. The van der Waals surface area contributed by atoms with Crippen molar-refractivity contribution in [3.8, 4) is 11.1 Å². The van der Waals surface area contributed by atoms with Crippen LogP contribution < -0.4 is 4.90 Å². The van der Waals surface area contributed by atoms with Crippen molar-refractivity contribution in [2.24, 2.45) is 0 Å². The number of hydrogen-bond acceptors (Lipinski definition) is 4. The molecule has 0 spiro atoms. The molecule has 0 N–H and O–H groups in total. The fraction of sp³-hybridized carbons (Fsp3) is 0.192. The summed E-state index contributed by atoms with van der Waals surface area (Å²) in [4.78, 5) is 25.3. The second-order valence-electron chi connectivity index (χ2n) is 8.32. The zero-order valence-electron chi connectivity index (χ0n) is 18.4. The van der Waals surface area contributed by atoms with Gasteiger partial charge in [-0.2, -0.15) is 0 Å². The Labute approximate surface area is 208 Å². The van der Waals surface area contributed by atoms with Gasteiger partial charge in [-0.3, -0.25) is 9.69 Å². The molecule has 0 unspecified atom stereocenters. The summed E-state index contributed by atoms with van der Waals surface area (Å²) in [6, 6.07) is 19.6. The Balaban J connectivity index is 1.22. The molecule has 5 rings (SSSR count). The summed E-state index contributed by atoms with van der Waals surface area (Å²) in [6.45, 7) is 3.16. The molecule has 172 valence electrons.